The number of carbonyl (C=O) groups is 1. The zero-order valence-electron chi connectivity index (χ0n) is 20.2. The molecule has 0 bridgehead atoms. The lowest BCUT2D eigenvalue weighted by Gasteiger charge is -2.26. The summed E-state index contributed by atoms with van der Waals surface area (Å²) >= 11 is 0. The molecule has 2 aromatic carbocycles. The Morgan fingerprint density at radius 1 is 0.917 bits per heavy atom. The van der Waals surface area contributed by atoms with Gasteiger partial charge in [-0.1, -0.05) is 18.6 Å². The number of amides is 1. The van der Waals surface area contributed by atoms with Crippen LogP contribution in [-0.4, -0.2) is 77.9 Å². The highest BCUT2D eigenvalue weighted by Gasteiger charge is 2.29. The Kier molecular flexibility index (Phi) is 8.30. The highest BCUT2D eigenvalue weighted by molar-refractivity contribution is 7.89. The molecule has 196 valence electrons. The zero-order valence-corrected chi connectivity index (χ0v) is 21.8. The Morgan fingerprint density at radius 2 is 1.58 bits per heavy atom. The lowest BCUT2D eigenvalue weighted by Crippen LogP contribution is -2.41. The molecule has 0 spiro atoms. The van der Waals surface area contributed by atoms with Crippen molar-refractivity contribution in [2.75, 3.05) is 51.8 Å². The minimum absolute atomic E-state index is 0.00775. The number of carbonyl (C=O) groups excluding carboxylic acids is 1. The number of sulfonamides is 2. The van der Waals surface area contributed by atoms with Crippen LogP contribution in [0.3, 0.4) is 0 Å². The van der Waals surface area contributed by atoms with E-state index in [1.807, 2.05) is 0 Å². The number of nitrogens with zero attached hydrogens (tertiary/aromatic N) is 2. The summed E-state index contributed by atoms with van der Waals surface area (Å²) in [6.07, 6.45) is 2.61. The fourth-order valence-electron chi connectivity index (χ4n) is 4.28. The molecule has 2 aliphatic heterocycles. The van der Waals surface area contributed by atoms with Crippen LogP contribution in [0.2, 0.25) is 0 Å². The van der Waals surface area contributed by atoms with Gasteiger partial charge in [0.25, 0.3) is 5.91 Å². The molecule has 0 aromatic heterocycles. The van der Waals surface area contributed by atoms with Crippen LogP contribution in [0.5, 0.6) is 5.75 Å². The van der Waals surface area contributed by atoms with Gasteiger partial charge in [0.1, 0.15) is 10.6 Å². The van der Waals surface area contributed by atoms with Crippen molar-refractivity contribution in [1.29, 1.82) is 0 Å². The van der Waals surface area contributed by atoms with E-state index in [-0.39, 0.29) is 16.4 Å². The fraction of sp³-hybridized carbons (Fsp3) is 0.458. The predicted octanol–water partition coefficient (Wildman–Crippen LogP) is 2.28. The Balaban J connectivity index is 1.47. The summed E-state index contributed by atoms with van der Waals surface area (Å²) < 4.78 is 65.0. The third-order valence-electron chi connectivity index (χ3n) is 6.28. The van der Waals surface area contributed by atoms with Crippen molar-refractivity contribution in [3.63, 3.8) is 0 Å². The van der Waals surface area contributed by atoms with E-state index in [9.17, 15) is 21.6 Å². The van der Waals surface area contributed by atoms with Crippen molar-refractivity contribution in [2.45, 2.75) is 29.9 Å². The average molecular weight is 538 g/mol. The van der Waals surface area contributed by atoms with E-state index in [0.29, 0.717) is 56.2 Å². The van der Waals surface area contributed by atoms with Gasteiger partial charge in [-0.3, -0.25) is 4.79 Å². The molecular weight excluding hydrogens is 506 g/mol. The number of piperidine rings is 1. The van der Waals surface area contributed by atoms with Crippen LogP contribution in [-0.2, 0) is 30.5 Å². The van der Waals surface area contributed by atoms with Crippen molar-refractivity contribution < 1.29 is 31.1 Å². The van der Waals surface area contributed by atoms with Gasteiger partial charge >= 0.3 is 0 Å². The molecule has 2 heterocycles. The number of nitrogens with one attached hydrogen (secondary N) is 1. The Hall–Kier alpha value is -2.51. The van der Waals surface area contributed by atoms with Gasteiger partial charge in [-0.15, -0.1) is 0 Å². The lowest BCUT2D eigenvalue weighted by molar-refractivity contribution is 0.0729. The summed E-state index contributed by atoms with van der Waals surface area (Å²) in [5.74, 6) is -0.390. The Labute approximate surface area is 212 Å². The van der Waals surface area contributed by atoms with Gasteiger partial charge in [-0.25, -0.2) is 16.8 Å². The minimum atomic E-state index is -3.77. The molecule has 12 heteroatoms. The summed E-state index contributed by atoms with van der Waals surface area (Å²) in [7, 11) is -5.84. The van der Waals surface area contributed by atoms with E-state index in [1.165, 1.54) is 27.9 Å². The number of ether oxygens (including phenoxy) is 2. The van der Waals surface area contributed by atoms with E-state index in [0.717, 1.165) is 19.3 Å². The van der Waals surface area contributed by atoms with Gasteiger partial charge < -0.3 is 14.8 Å². The molecule has 2 saturated heterocycles. The van der Waals surface area contributed by atoms with E-state index in [2.05, 4.69) is 5.32 Å². The van der Waals surface area contributed by atoms with Crippen LogP contribution >= 0.6 is 0 Å². The molecule has 0 aliphatic carbocycles. The topological polar surface area (TPSA) is 122 Å². The number of methoxy groups -OCH3 is 1. The number of benzene rings is 2. The van der Waals surface area contributed by atoms with Gasteiger partial charge in [0.15, 0.2) is 0 Å². The van der Waals surface area contributed by atoms with Crippen LogP contribution < -0.4 is 10.1 Å². The third-order valence-corrected chi connectivity index (χ3v) is 10.1. The van der Waals surface area contributed by atoms with Crippen LogP contribution in [0, 0.1) is 0 Å². The second-order valence-electron chi connectivity index (χ2n) is 8.75. The highest BCUT2D eigenvalue weighted by atomic mass is 32.2. The third kappa shape index (κ3) is 6.06. The van der Waals surface area contributed by atoms with Crippen LogP contribution in [0.1, 0.15) is 35.2 Å². The normalized spacial score (nSPS) is 18.0. The first kappa shape index (κ1) is 26.6. The van der Waals surface area contributed by atoms with Gasteiger partial charge in [0.05, 0.1) is 26.1 Å². The van der Waals surface area contributed by atoms with Crippen molar-refractivity contribution in [1.82, 2.24) is 8.61 Å². The summed E-state index contributed by atoms with van der Waals surface area (Å²) in [6, 6.07) is 10.8. The molecule has 1 amide bonds. The van der Waals surface area contributed by atoms with E-state index >= 15 is 0 Å². The number of rotatable bonds is 8. The molecule has 2 aromatic rings. The molecule has 0 saturated carbocycles. The summed E-state index contributed by atoms with van der Waals surface area (Å²) in [6.45, 7) is 2.33. The fourth-order valence-corrected chi connectivity index (χ4v) is 7.48. The second kappa shape index (κ2) is 11.3. The maximum atomic E-state index is 13.2. The first-order valence-corrected chi connectivity index (χ1v) is 14.9. The summed E-state index contributed by atoms with van der Waals surface area (Å²) in [4.78, 5) is 12.8. The van der Waals surface area contributed by atoms with Gasteiger partial charge in [-0.05, 0) is 48.7 Å². The highest BCUT2D eigenvalue weighted by Crippen LogP contribution is 2.31. The number of morpholine rings is 1. The second-order valence-corrected chi connectivity index (χ2v) is 12.6. The Morgan fingerprint density at radius 3 is 2.22 bits per heavy atom. The maximum absolute atomic E-state index is 13.2. The van der Waals surface area contributed by atoms with Crippen molar-refractivity contribution in [3.8, 4) is 5.75 Å². The van der Waals surface area contributed by atoms with Crippen molar-refractivity contribution >= 4 is 31.6 Å². The summed E-state index contributed by atoms with van der Waals surface area (Å²) in [5, 5.41) is 2.73. The zero-order chi connectivity index (χ0) is 25.8. The lowest BCUT2D eigenvalue weighted by atomic mass is 10.1. The van der Waals surface area contributed by atoms with Gasteiger partial charge in [0, 0.05) is 37.4 Å². The molecule has 4 rings (SSSR count). The van der Waals surface area contributed by atoms with Crippen molar-refractivity contribution in [3.05, 3.63) is 53.6 Å². The largest absolute Gasteiger partial charge is 0.495 e. The van der Waals surface area contributed by atoms with Gasteiger partial charge in [0.2, 0.25) is 20.0 Å². The Bertz CT molecular complexity index is 1280. The molecule has 0 radical (unpaired) electrons. The molecular formula is C24H31N3O7S2. The SMILES string of the molecule is COc1ccc(NC(=O)c2ccc(CS(=O)(=O)N3CCOCC3)cc2)cc1S(=O)(=O)N1CCCCC1. The predicted molar refractivity (Wildman–Crippen MR) is 135 cm³/mol. The first-order chi connectivity index (χ1) is 17.2. The molecule has 10 nitrogen and oxygen atoms in total. The monoisotopic (exact) mass is 537 g/mol. The van der Waals surface area contributed by atoms with Crippen LogP contribution in [0.15, 0.2) is 47.4 Å². The minimum Gasteiger partial charge on any atom is -0.495 e. The van der Waals surface area contributed by atoms with Crippen LogP contribution in [0.4, 0.5) is 5.69 Å². The van der Waals surface area contributed by atoms with E-state index in [1.54, 1.807) is 30.3 Å². The molecule has 1 N–H and O–H groups in total. The molecule has 36 heavy (non-hydrogen) atoms. The number of anilines is 1. The van der Waals surface area contributed by atoms with E-state index in [4.69, 9.17) is 9.47 Å². The number of hydrogen-bond donors (Lipinski definition) is 1. The standard InChI is InChI=1S/C24H31N3O7S2/c1-33-22-10-9-21(17-23(22)36(31,32)27-11-3-2-4-12-27)25-24(28)20-7-5-19(6-8-20)18-35(29,30)26-13-15-34-16-14-26/h5-10,17H,2-4,11-16,18H2,1H3,(H,25,28). The van der Waals surface area contributed by atoms with Crippen molar-refractivity contribution in [2.24, 2.45) is 0 Å². The molecule has 0 unspecified atom stereocenters. The molecule has 2 aliphatic rings. The average Bonchev–Trinajstić information content (AvgIpc) is 2.90. The summed E-state index contributed by atoms with van der Waals surface area (Å²) in [5.41, 5.74) is 1.20. The van der Waals surface area contributed by atoms with Crippen LogP contribution in [0.25, 0.3) is 0 Å². The van der Waals surface area contributed by atoms with Gasteiger partial charge in [-0.2, -0.15) is 8.61 Å². The first-order valence-electron chi connectivity index (χ1n) is 11.8. The molecule has 0 atom stereocenters. The molecule has 2 fully saturated rings. The maximum Gasteiger partial charge on any atom is 0.255 e. The smallest absolute Gasteiger partial charge is 0.255 e. The van der Waals surface area contributed by atoms with E-state index < -0.39 is 26.0 Å². The quantitative estimate of drug-likeness (QED) is 0.548. The number of hydrogen-bond acceptors (Lipinski definition) is 7.